The van der Waals surface area contributed by atoms with Gasteiger partial charge >= 0.3 is 7.82 Å². The number of hydrogen-bond acceptors (Lipinski definition) is 3. The van der Waals surface area contributed by atoms with Crippen LogP contribution in [0.25, 0.3) is 0 Å². The minimum Gasteiger partial charge on any atom is -0.491 e. The zero-order valence-corrected chi connectivity index (χ0v) is 22.6. The molecule has 1 aromatic rings. The maximum atomic E-state index is 11.3. The molecule has 1 atom stereocenters. The summed E-state index contributed by atoms with van der Waals surface area (Å²) in [6.45, 7) is 2.42. The molecule has 2 N–H and O–H groups in total. The van der Waals surface area contributed by atoms with Crippen LogP contribution >= 0.6 is 7.82 Å². The maximum Gasteiger partial charge on any atom is 0.469 e. The van der Waals surface area contributed by atoms with Crippen LogP contribution in [0, 0.1) is 0 Å². The van der Waals surface area contributed by atoms with Crippen LogP contribution in [0.5, 0.6) is 5.75 Å². The van der Waals surface area contributed by atoms with Crippen molar-refractivity contribution in [2.45, 2.75) is 135 Å². The first-order chi connectivity index (χ1) is 16.5. The van der Waals surface area contributed by atoms with E-state index in [1.165, 1.54) is 103 Å². The fraction of sp³-hybridized carbons (Fsp3) is 0.786. The molecule has 1 rings (SSSR count). The largest absolute Gasteiger partial charge is 0.491 e. The van der Waals surface area contributed by atoms with Crippen LogP contribution in [0.2, 0.25) is 0 Å². The average molecular weight is 499 g/mol. The van der Waals surface area contributed by atoms with Crippen molar-refractivity contribution in [3.8, 4) is 5.75 Å². The van der Waals surface area contributed by atoms with E-state index < -0.39 is 13.9 Å². The topological polar surface area (TPSA) is 76.0 Å². The fourth-order valence-electron chi connectivity index (χ4n) is 4.34. The molecule has 198 valence electrons. The number of hydrogen-bond donors (Lipinski definition) is 2. The number of rotatable bonds is 24. The molecule has 0 bridgehead atoms. The van der Waals surface area contributed by atoms with Crippen molar-refractivity contribution in [2.24, 2.45) is 0 Å². The minimum atomic E-state index is -4.52. The molecule has 0 spiro atoms. The monoisotopic (exact) mass is 498 g/mol. The van der Waals surface area contributed by atoms with Gasteiger partial charge in [0.1, 0.15) is 18.5 Å². The Kier molecular flexibility index (Phi) is 19.6. The number of phosphoric acid groups is 1. The second-order valence-electron chi connectivity index (χ2n) is 9.64. The molecule has 34 heavy (non-hydrogen) atoms. The van der Waals surface area contributed by atoms with Crippen LogP contribution in [0.3, 0.4) is 0 Å². The first-order valence-electron chi connectivity index (χ1n) is 13.9. The number of ether oxygens (including phenoxy) is 1. The van der Waals surface area contributed by atoms with E-state index in [1.807, 2.05) is 30.3 Å². The lowest BCUT2D eigenvalue weighted by Crippen LogP contribution is -2.20. The Morgan fingerprint density at radius 1 is 0.676 bits per heavy atom. The van der Waals surface area contributed by atoms with Crippen molar-refractivity contribution in [1.82, 2.24) is 0 Å². The highest BCUT2D eigenvalue weighted by atomic mass is 31.2. The third-order valence-electron chi connectivity index (χ3n) is 6.35. The predicted molar refractivity (Wildman–Crippen MR) is 142 cm³/mol. The van der Waals surface area contributed by atoms with E-state index in [1.54, 1.807) is 0 Å². The highest BCUT2D eigenvalue weighted by molar-refractivity contribution is 7.46. The molecule has 6 heteroatoms. The SMILES string of the molecule is CCCCCCCCCCCCCCCCCCCCC(COc1ccccc1)OP(=O)(O)O. The standard InChI is InChI=1S/C28H51O5P/c1-2-3-4-5-6-7-8-9-10-11-12-13-14-15-16-17-18-20-25-28(33-34(29,30)31)26-32-27-23-21-19-22-24-27/h19,21-24,28H,2-18,20,25-26H2,1H3,(H2,29,30,31). The van der Waals surface area contributed by atoms with Crippen LogP contribution in [-0.4, -0.2) is 22.5 Å². The molecular weight excluding hydrogens is 447 g/mol. The molecule has 0 fully saturated rings. The molecule has 0 radical (unpaired) electrons. The van der Waals surface area contributed by atoms with E-state index in [0.717, 1.165) is 12.8 Å². The lowest BCUT2D eigenvalue weighted by molar-refractivity contribution is 0.0818. The van der Waals surface area contributed by atoms with E-state index in [9.17, 15) is 14.4 Å². The lowest BCUT2D eigenvalue weighted by Gasteiger charge is -2.18. The van der Waals surface area contributed by atoms with Crippen molar-refractivity contribution < 1.29 is 23.6 Å². The van der Waals surface area contributed by atoms with Gasteiger partial charge in [-0.1, -0.05) is 141 Å². The molecule has 0 saturated heterocycles. The van der Waals surface area contributed by atoms with Gasteiger partial charge in [-0.25, -0.2) is 4.57 Å². The molecule has 0 aliphatic heterocycles. The summed E-state index contributed by atoms with van der Waals surface area (Å²) in [5.74, 6) is 0.680. The van der Waals surface area contributed by atoms with E-state index in [2.05, 4.69) is 6.92 Å². The summed E-state index contributed by atoms with van der Waals surface area (Å²) in [6.07, 6.45) is 23.8. The van der Waals surface area contributed by atoms with Gasteiger partial charge in [0.2, 0.25) is 0 Å². The smallest absolute Gasteiger partial charge is 0.469 e. The van der Waals surface area contributed by atoms with Crippen LogP contribution in [0.4, 0.5) is 0 Å². The van der Waals surface area contributed by atoms with Gasteiger partial charge in [-0.3, -0.25) is 4.52 Å². The Labute approximate surface area is 209 Å². The van der Waals surface area contributed by atoms with Gasteiger partial charge in [0, 0.05) is 0 Å². The Bertz CT molecular complexity index is 604. The second kappa shape index (κ2) is 21.4. The molecule has 0 heterocycles. The van der Waals surface area contributed by atoms with E-state index in [-0.39, 0.29) is 6.61 Å². The summed E-state index contributed by atoms with van der Waals surface area (Å²) in [7, 11) is -4.52. The Morgan fingerprint density at radius 2 is 1.09 bits per heavy atom. The van der Waals surface area contributed by atoms with Gasteiger partial charge < -0.3 is 14.5 Å². The molecule has 0 aliphatic carbocycles. The zero-order valence-electron chi connectivity index (χ0n) is 21.7. The zero-order chi connectivity index (χ0) is 24.7. The predicted octanol–water partition coefficient (Wildman–Crippen LogP) is 8.98. The van der Waals surface area contributed by atoms with Gasteiger partial charge in [0.15, 0.2) is 0 Å². The van der Waals surface area contributed by atoms with E-state index in [0.29, 0.717) is 12.2 Å². The molecule has 1 aromatic carbocycles. The number of phosphoric ester groups is 1. The van der Waals surface area contributed by atoms with E-state index >= 15 is 0 Å². The van der Waals surface area contributed by atoms with Gasteiger partial charge in [0.25, 0.3) is 0 Å². The van der Waals surface area contributed by atoms with Gasteiger partial charge in [0.05, 0.1) is 0 Å². The maximum absolute atomic E-state index is 11.3. The number of para-hydroxylation sites is 1. The Balaban J connectivity index is 1.93. The van der Waals surface area contributed by atoms with Crippen molar-refractivity contribution in [2.75, 3.05) is 6.61 Å². The third-order valence-corrected chi connectivity index (χ3v) is 6.92. The lowest BCUT2D eigenvalue weighted by atomic mass is 10.0. The molecule has 1 unspecified atom stereocenters. The highest BCUT2D eigenvalue weighted by Crippen LogP contribution is 2.38. The van der Waals surface area contributed by atoms with Crippen molar-refractivity contribution >= 4 is 7.82 Å². The summed E-state index contributed by atoms with van der Waals surface area (Å²) in [5, 5.41) is 0. The second-order valence-corrected chi connectivity index (χ2v) is 10.8. The number of unbranched alkanes of at least 4 members (excludes halogenated alkanes) is 17. The molecular formula is C28H51O5P. The van der Waals surface area contributed by atoms with Crippen LogP contribution in [-0.2, 0) is 9.09 Å². The Hall–Kier alpha value is -0.870. The first kappa shape index (κ1) is 31.2. The molecule has 0 saturated carbocycles. The normalized spacial score (nSPS) is 12.7. The summed E-state index contributed by atoms with van der Waals surface area (Å²) >= 11 is 0. The Morgan fingerprint density at radius 3 is 1.50 bits per heavy atom. The molecule has 0 aromatic heterocycles. The third kappa shape index (κ3) is 20.5. The summed E-state index contributed by atoms with van der Waals surface area (Å²) in [6, 6.07) is 9.28. The fourth-order valence-corrected chi connectivity index (χ4v) is 4.89. The van der Waals surface area contributed by atoms with Crippen molar-refractivity contribution in [1.29, 1.82) is 0 Å². The summed E-state index contributed by atoms with van der Waals surface area (Å²) < 4.78 is 21.8. The average Bonchev–Trinajstić information content (AvgIpc) is 2.81. The van der Waals surface area contributed by atoms with Crippen LogP contribution in [0.1, 0.15) is 129 Å². The minimum absolute atomic E-state index is 0.147. The number of benzene rings is 1. The van der Waals surface area contributed by atoms with E-state index in [4.69, 9.17) is 9.26 Å². The van der Waals surface area contributed by atoms with Gasteiger partial charge in [-0.15, -0.1) is 0 Å². The summed E-state index contributed by atoms with van der Waals surface area (Å²) in [4.78, 5) is 18.3. The molecule has 5 nitrogen and oxygen atoms in total. The van der Waals surface area contributed by atoms with Gasteiger partial charge in [-0.05, 0) is 18.6 Å². The van der Waals surface area contributed by atoms with Crippen molar-refractivity contribution in [3.05, 3.63) is 30.3 Å². The summed E-state index contributed by atoms with van der Waals surface area (Å²) in [5.41, 5.74) is 0. The van der Waals surface area contributed by atoms with Crippen LogP contribution < -0.4 is 4.74 Å². The first-order valence-corrected chi connectivity index (χ1v) is 15.5. The van der Waals surface area contributed by atoms with Crippen LogP contribution in [0.15, 0.2) is 30.3 Å². The quantitative estimate of drug-likeness (QED) is 0.110. The molecule has 0 amide bonds. The highest BCUT2D eigenvalue weighted by Gasteiger charge is 2.22. The molecule has 0 aliphatic rings. The van der Waals surface area contributed by atoms with Gasteiger partial charge in [-0.2, -0.15) is 0 Å². The van der Waals surface area contributed by atoms with Crippen molar-refractivity contribution in [3.63, 3.8) is 0 Å².